The lowest BCUT2D eigenvalue weighted by atomic mass is 10.0. The normalized spacial score (nSPS) is 15.1. The highest BCUT2D eigenvalue weighted by atomic mass is 35.5. The third-order valence-electron chi connectivity index (χ3n) is 7.51. The molecule has 3 heterocycles. The highest BCUT2D eigenvalue weighted by Crippen LogP contribution is 2.48. The quantitative estimate of drug-likeness (QED) is 0.190. The van der Waals surface area contributed by atoms with Crippen molar-refractivity contribution < 1.29 is 4.79 Å². The number of anilines is 1. The van der Waals surface area contributed by atoms with Gasteiger partial charge in [0.15, 0.2) is 5.69 Å². The van der Waals surface area contributed by atoms with Crippen LogP contribution in [0.2, 0.25) is 5.02 Å². The monoisotopic (exact) mass is 595 g/mol. The van der Waals surface area contributed by atoms with E-state index in [1.54, 1.807) is 61.2 Å². The van der Waals surface area contributed by atoms with E-state index in [4.69, 9.17) is 16.6 Å². The number of nitrogens with one attached hydrogen (secondary N) is 2. The summed E-state index contributed by atoms with van der Waals surface area (Å²) in [5, 5.41) is 3.44. The molecule has 1 amide bonds. The van der Waals surface area contributed by atoms with Gasteiger partial charge in [0.2, 0.25) is 12.0 Å². The summed E-state index contributed by atoms with van der Waals surface area (Å²) < 4.78 is -0.125. The molecule has 6 aromatic rings. The Morgan fingerprint density at radius 2 is 1.52 bits per heavy atom. The van der Waals surface area contributed by atoms with Gasteiger partial charge in [-0.05, 0) is 41.5 Å². The number of fused-ring (bicyclic) bond motifs is 1. The molecule has 1 aliphatic rings. The first-order chi connectivity index (χ1) is 21.5. The number of benzene rings is 4. The molecule has 8 nitrogen and oxygen atoms in total. The van der Waals surface area contributed by atoms with Gasteiger partial charge >= 0.3 is 0 Å². The van der Waals surface area contributed by atoms with Gasteiger partial charge in [-0.3, -0.25) is 14.6 Å². The number of pyridine rings is 1. The maximum atomic E-state index is 13.5. The highest BCUT2D eigenvalue weighted by Gasteiger charge is 2.45. The van der Waals surface area contributed by atoms with Crippen LogP contribution in [-0.2, 0) is 0 Å². The number of aliphatic imine (C=N–C) groups is 1. The average molecular weight is 596 g/mol. The molecule has 0 fully saturated rings. The summed E-state index contributed by atoms with van der Waals surface area (Å²) in [6, 6.07) is 35.9. The molecule has 4 aromatic carbocycles. The topological polar surface area (TPSA) is 100 Å². The average Bonchev–Trinajstić information content (AvgIpc) is 3.47. The molecule has 212 valence electrons. The van der Waals surface area contributed by atoms with Crippen LogP contribution in [0.1, 0.15) is 10.4 Å². The van der Waals surface area contributed by atoms with Crippen LogP contribution in [0, 0.1) is 0 Å². The minimum Gasteiger partial charge on any atom is -0.321 e. The summed E-state index contributed by atoms with van der Waals surface area (Å²) in [7, 11) is 0. The summed E-state index contributed by atoms with van der Waals surface area (Å²) in [5.74, 6) is 0.507. The van der Waals surface area contributed by atoms with Crippen molar-refractivity contribution in [3.63, 3.8) is 0 Å². The Morgan fingerprint density at radius 3 is 2.27 bits per heavy atom. The zero-order valence-electron chi connectivity index (χ0n) is 23.2. The van der Waals surface area contributed by atoms with E-state index in [0.29, 0.717) is 33.6 Å². The van der Waals surface area contributed by atoms with Crippen molar-refractivity contribution in [2.24, 2.45) is 4.99 Å². The van der Waals surface area contributed by atoms with E-state index in [0.717, 1.165) is 22.4 Å². The third-order valence-corrected chi connectivity index (χ3v) is 7.76. The zero-order valence-corrected chi connectivity index (χ0v) is 23.9. The summed E-state index contributed by atoms with van der Waals surface area (Å²) in [6.07, 6.45) is 4.88. The lowest BCUT2D eigenvalue weighted by Crippen LogP contribution is -2.36. The standard InChI is InChI=1S/C35H23ClN6O2/c36-27-15-17-29(18-16-27)42(30-10-4-8-26(20-30)34(43)39-28-9-5-19-37-21-28)22-38-31-33(42)40-32(41-35(31)44)25-13-11-24(12-14-25)23-6-2-1-3-7-23/h1-22H,(H-,39,40,41,43,44)/p+1. The fraction of sp³-hybridized carbons (Fsp3) is 0. The number of aromatic amines is 1. The van der Waals surface area contributed by atoms with Gasteiger partial charge in [-0.1, -0.05) is 72.3 Å². The minimum atomic E-state index is -0.368. The number of carbonyl (C=O) groups is 1. The molecule has 0 aliphatic carbocycles. The number of carbonyl (C=O) groups excluding carboxylic acids is 1. The fourth-order valence-electron chi connectivity index (χ4n) is 5.31. The molecule has 44 heavy (non-hydrogen) atoms. The number of aromatic nitrogens is 3. The molecule has 7 rings (SSSR count). The maximum absolute atomic E-state index is 13.5. The van der Waals surface area contributed by atoms with Crippen molar-refractivity contribution in [1.29, 1.82) is 0 Å². The molecule has 0 spiro atoms. The van der Waals surface area contributed by atoms with Crippen LogP contribution < -0.4 is 15.4 Å². The molecule has 1 aliphatic heterocycles. The summed E-state index contributed by atoms with van der Waals surface area (Å²) in [5.41, 5.74) is 5.11. The first-order valence-corrected chi connectivity index (χ1v) is 14.2. The lowest BCUT2D eigenvalue weighted by Gasteiger charge is -2.29. The largest absolute Gasteiger partial charge is 0.321 e. The zero-order chi connectivity index (χ0) is 30.1. The van der Waals surface area contributed by atoms with Gasteiger partial charge in [0.1, 0.15) is 11.5 Å². The van der Waals surface area contributed by atoms with E-state index in [2.05, 4.69) is 20.3 Å². The van der Waals surface area contributed by atoms with Gasteiger partial charge in [-0.2, -0.15) is 14.5 Å². The van der Waals surface area contributed by atoms with Crippen LogP contribution in [0.5, 0.6) is 0 Å². The number of nitrogens with zero attached hydrogens (tertiary/aromatic N) is 4. The van der Waals surface area contributed by atoms with Crippen molar-refractivity contribution >= 4 is 52.4 Å². The Labute approximate surface area is 257 Å². The molecule has 2 aromatic heterocycles. The fourth-order valence-corrected chi connectivity index (χ4v) is 5.44. The molecule has 1 unspecified atom stereocenters. The molecule has 0 saturated heterocycles. The van der Waals surface area contributed by atoms with E-state index in [1.165, 1.54) is 0 Å². The molecule has 0 radical (unpaired) electrons. The lowest BCUT2D eigenvalue weighted by molar-refractivity contribution is 0.102. The summed E-state index contributed by atoms with van der Waals surface area (Å²) in [6.45, 7) is 0. The second kappa shape index (κ2) is 11.2. The van der Waals surface area contributed by atoms with Crippen LogP contribution >= 0.6 is 11.6 Å². The number of hydrogen-bond acceptors (Lipinski definition) is 5. The van der Waals surface area contributed by atoms with Gasteiger partial charge in [-0.15, -0.1) is 0 Å². The second-order valence-corrected chi connectivity index (χ2v) is 10.7. The molecule has 9 heteroatoms. The summed E-state index contributed by atoms with van der Waals surface area (Å²) >= 11 is 6.27. The number of rotatable bonds is 6. The van der Waals surface area contributed by atoms with E-state index in [9.17, 15) is 9.59 Å². The predicted octanol–water partition coefficient (Wildman–Crippen LogP) is 8.05. The van der Waals surface area contributed by atoms with Gasteiger partial charge < -0.3 is 10.3 Å². The molecule has 2 N–H and O–H groups in total. The van der Waals surface area contributed by atoms with Gasteiger partial charge in [-0.25, -0.2) is 0 Å². The van der Waals surface area contributed by atoms with E-state index < -0.39 is 0 Å². The Hall–Kier alpha value is -5.70. The van der Waals surface area contributed by atoms with Crippen molar-refractivity contribution in [1.82, 2.24) is 19.4 Å². The minimum absolute atomic E-state index is 0.125. The summed E-state index contributed by atoms with van der Waals surface area (Å²) in [4.78, 5) is 43.3. The van der Waals surface area contributed by atoms with Crippen molar-refractivity contribution in [3.05, 3.63) is 149 Å². The van der Waals surface area contributed by atoms with Crippen LogP contribution in [-0.4, -0.2) is 27.2 Å². The van der Waals surface area contributed by atoms with Crippen LogP contribution in [0.15, 0.2) is 137 Å². The van der Waals surface area contributed by atoms with Crippen LogP contribution in [0.3, 0.4) is 0 Å². The Morgan fingerprint density at radius 1 is 0.773 bits per heavy atom. The number of hydrogen-bond donors (Lipinski definition) is 2. The molecule has 0 saturated carbocycles. The number of amides is 1. The smallest absolute Gasteiger partial charge is 0.283 e. The molecule has 0 bridgehead atoms. The highest BCUT2D eigenvalue weighted by molar-refractivity contribution is 6.30. The number of halogens is 1. The van der Waals surface area contributed by atoms with E-state index in [-0.39, 0.29) is 21.6 Å². The van der Waals surface area contributed by atoms with Crippen molar-refractivity contribution in [3.8, 4) is 22.5 Å². The van der Waals surface area contributed by atoms with E-state index >= 15 is 0 Å². The Kier molecular flexibility index (Phi) is 6.90. The Balaban J connectivity index is 1.35. The van der Waals surface area contributed by atoms with Crippen LogP contribution in [0.25, 0.3) is 22.5 Å². The SMILES string of the molecule is O=C(Nc1cccnc1)c1cccc([N+]2(c3ccc(Cl)cc3)C=Nc3c2nc(-c2ccc(-c4ccccc4)cc2)[nH]c3=O)c1. The predicted molar refractivity (Wildman–Crippen MR) is 175 cm³/mol. The Bertz CT molecular complexity index is 2080. The van der Waals surface area contributed by atoms with Crippen molar-refractivity contribution in [2.75, 3.05) is 5.32 Å². The van der Waals surface area contributed by atoms with Gasteiger partial charge in [0.25, 0.3) is 17.3 Å². The number of quaternary nitrogens is 1. The first-order valence-electron chi connectivity index (χ1n) is 13.8. The third kappa shape index (κ3) is 4.88. The number of H-pyrrole nitrogens is 1. The first kappa shape index (κ1) is 27.2. The molecular weight excluding hydrogens is 572 g/mol. The van der Waals surface area contributed by atoms with Crippen LogP contribution in [0.4, 0.5) is 28.6 Å². The molecule has 1 atom stereocenters. The van der Waals surface area contributed by atoms with Gasteiger partial charge in [0.05, 0.1) is 11.9 Å². The molecular formula is C35H24ClN6O2+. The maximum Gasteiger partial charge on any atom is 0.283 e. The van der Waals surface area contributed by atoms with Crippen molar-refractivity contribution in [2.45, 2.75) is 0 Å². The van der Waals surface area contributed by atoms with E-state index in [1.807, 2.05) is 72.8 Å². The van der Waals surface area contributed by atoms with Gasteiger partial charge in [0, 0.05) is 46.6 Å². The second-order valence-electron chi connectivity index (χ2n) is 10.2.